The molecule has 0 bridgehead atoms. The minimum atomic E-state index is -0.496. The van der Waals surface area contributed by atoms with Gasteiger partial charge < -0.3 is 9.90 Å². The number of carbonyl (C=O) groups excluding carboxylic acids is 1. The first kappa shape index (κ1) is 15.4. The molecule has 0 unspecified atom stereocenters. The number of benzene rings is 1. The van der Waals surface area contributed by atoms with Crippen LogP contribution in [-0.2, 0) is 11.3 Å². The molecule has 0 spiro atoms. The van der Waals surface area contributed by atoms with Crippen molar-refractivity contribution in [3.05, 3.63) is 35.9 Å². The lowest BCUT2D eigenvalue weighted by atomic mass is 10.1. The summed E-state index contributed by atoms with van der Waals surface area (Å²) in [5.74, 6) is 0. The molecule has 4 nitrogen and oxygen atoms in total. The Labute approximate surface area is 124 Å². The molecule has 1 aromatic rings. The van der Waals surface area contributed by atoms with Crippen molar-refractivity contribution in [3.8, 4) is 0 Å². The topological polar surface area (TPSA) is 43.8 Å². The van der Waals surface area contributed by atoms with Gasteiger partial charge in [-0.1, -0.05) is 30.3 Å². The van der Waals surface area contributed by atoms with Crippen LogP contribution in [0.25, 0.3) is 0 Å². The lowest BCUT2D eigenvalue weighted by Crippen LogP contribution is -2.55. The van der Waals surface area contributed by atoms with Crippen LogP contribution in [0.1, 0.15) is 5.56 Å². The number of hydrogen-bond donors (Lipinski definition) is 1. The maximum absolute atomic E-state index is 10.6. The number of piperazine rings is 1. The van der Waals surface area contributed by atoms with E-state index in [1.54, 1.807) is 0 Å². The SMILES string of the molecule is O=C[C@@H](Cl)CN1CCN(Cc2ccccc2)C[C@H]1CO. The van der Waals surface area contributed by atoms with E-state index in [2.05, 4.69) is 21.9 Å². The highest BCUT2D eigenvalue weighted by Crippen LogP contribution is 2.14. The number of nitrogens with zero attached hydrogens (tertiary/aromatic N) is 2. The summed E-state index contributed by atoms with van der Waals surface area (Å²) in [6, 6.07) is 10.4. The molecular weight excluding hydrogens is 276 g/mol. The summed E-state index contributed by atoms with van der Waals surface area (Å²) in [6.07, 6.45) is 0.756. The van der Waals surface area contributed by atoms with Crippen molar-refractivity contribution in [2.45, 2.75) is 18.0 Å². The molecule has 1 saturated heterocycles. The highest BCUT2D eigenvalue weighted by molar-refractivity contribution is 6.27. The van der Waals surface area contributed by atoms with Gasteiger partial charge in [0, 0.05) is 38.8 Å². The third-order valence-electron chi connectivity index (χ3n) is 3.71. The fourth-order valence-electron chi connectivity index (χ4n) is 2.62. The Morgan fingerprint density at radius 3 is 2.75 bits per heavy atom. The predicted molar refractivity (Wildman–Crippen MR) is 79.9 cm³/mol. The number of aldehydes is 1. The summed E-state index contributed by atoms with van der Waals surface area (Å²) in [7, 11) is 0. The number of rotatable bonds is 6. The Morgan fingerprint density at radius 1 is 1.35 bits per heavy atom. The molecule has 0 saturated carbocycles. The van der Waals surface area contributed by atoms with Crippen LogP contribution in [0, 0.1) is 0 Å². The van der Waals surface area contributed by atoms with E-state index in [1.807, 2.05) is 18.2 Å². The molecule has 0 radical (unpaired) electrons. The smallest absolute Gasteiger partial charge is 0.139 e. The Bertz CT molecular complexity index is 416. The molecule has 1 fully saturated rings. The quantitative estimate of drug-likeness (QED) is 0.628. The second kappa shape index (κ2) is 7.74. The normalized spacial score (nSPS) is 22.6. The minimum absolute atomic E-state index is 0.0497. The third kappa shape index (κ3) is 4.28. The fraction of sp³-hybridized carbons (Fsp3) is 0.533. The number of aliphatic hydroxyl groups excluding tert-OH is 1. The highest BCUT2D eigenvalue weighted by atomic mass is 35.5. The van der Waals surface area contributed by atoms with Gasteiger partial charge in [0.1, 0.15) is 11.7 Å². The van der Waals surface area contributed by atoms with Gasteiger partial charge in [-0.15, -0.1) is 11.6 Å². The van der Waals surface area contributed by atoms with Crippen LogP contribution in [0.15, 0.2) is 30.3 Å². The molecular formula is C15H21ClN2O2. The van der Waals surface area contributed by atoms with Crippen molar-refractivity contribution in [3.63, 3.8) is 0 Å². The fourth-order valence-corrected chi connectivity index (χ4v) is 2.80. The third-order valence-corrected chi connectivity index (χ3v) is 3.95. The van der Waals surface area contributed by atoms with Crippen molar-refractivity contribution >= 4 is 17.9 Å². The maximum Gasteiger partial charge on any atom is 0.139 e. The number of halogens is 1. The van der Waals surface area contributed by atoms with Crippen LogP contribution in [0.3, 0.4) is 0 Å². The van der Waals surface area contributed by atoms with Crippen LogP contribution in [0.4, 0.5) is 0 Å². The molecule has 110 valence electrons. The first-order chi connectivity index (χ1) is 9.72. The van der Waals surface area contributed by atoms with Gasteiger partial charge in [-0.25, -0.2) is 0 Å². The molecule has 1 N–H and O–H groups in total. The van der Waals surface area contributed by atoms with Crippen LogP contribution < -0.4 is 0 Å². The van der Waals surface area contributed by atoms with Crippen molar-refractivity contribution in [2.24, 2.45) is 0 Å². The van der Waals surface area contributed by atoms with Crippen LogP contribution in [-0.4, -0.2) is 65.4 Å². The van der Waals surface area contributed by atoms with E-state index in [0.29, 0.717) is 6.54 Å². The molecule has 20 heavy (non-hydrogen) atoms. The Morgan fingerprint density at radius 2 is 2.10 bits per heavy atom. The van der Waals surface area contributed by atoms with Crippen molar-refractivity contribution < 1.29 is 9.90 Å². The second-order valence-electron chi connectivity index (χ2n) is 5.20. The van der Waals surface area contributed by atoms with E-state index in [1.165, 1.54) is 5.56 Å². The average Bonchev–Trinajstić information content (AvgIpc) is 2.49. The predicted octanol–water partition coefficient (Wildman–Crippen LogP) is 0.971. The Hall–Kier alpha value is -0.940. The minimum Gasteiger partial charge on any atom is -0.395 e. The van der Waals surface area contributed by atoms with E-state index in [-0.39, 0.29) is 12.6 Å². The summed E-state index contributed by atoms with van der Waals surface area (Å²) in [6.45, 7) is 4.04. The molecule has 0 aliphatic carbocycles. The van der Waals surface area contributed by atoms with E-state index in [4.69, 9.17) is 11.6 Å². The first-order valence-electron chi connectivity index (χ1n) is 6.93. The molecule has 5 heteroatoms. The molecule has 1 aliphatic rings. The van der Waals surface area contributed by atoms with Crippen molar-refractivity contribution in [1.82, 2.24) is 9.80 Å². The van der Waals surface area contributed by atoms with Gasteiger partial charge in [0.2, 0.25) is 0 Å². The van der Waals surface area contributed by atoms with Gasteiger partial charge in [-0.3, -0.25) is 9.80 Å². The molecule has 1 heterocycles. The summed E-state index contributed by atoms with van der Waals surface area (Å²) in [4.78, 5) is 15.1. The standard InChI is InChI=1S/C15H21ClN2O2/c16-14(11-19)9-18-7-6-17(10-15(18)12-20)8-13-4-2-1-3-5-13/h1-5,11,14-15,20H,6-10,12H2/t14-,15-/m0/s1. The van der Waals surface area contributed by atoms with Gasteiger partial charge in [-0.2, -0.15) is 0 Å². The van der Waals surface area contributed by atoms with E-state index in [0.717, 1.165) is 32.5 Å². The van der Waals surface area contributed by atoms with Crippen LogP contribution in [0.2, 0.25) is 0 Å². The first-order valence-corrected chi connectivity index (χ1v) is 7.37. The summed E-state index contributed by atoms with van der Waals surface area (Å²) in [5.41, 5.74) is 1.28. The summed E-state index contributed by atoms with van der Waals surface area (Å²) in [5, 5.41) is 9.04. The van der Waals surface area contributed by atoms with Crippen LogP contribution >= 0.6 is 11.6 Å². The van der Waals surface area contributed by atoms with Gasteiger partial charge in [-0.05, 0) is 5.56 Å². The zero-order valence-corrected chi connectivity index (χ0v) is 12.2. The van der Waals surface area contributed by atoms with Gasteiger partial charge >= 0.3 is 0 Å². The number of hydrogen-bond acceptors (Lipinski definition) is 4. The van der Waals surface area contributed by atoms with Gasteiger partial charge in [0.25, 0.3) is 0 Å². The van der Waals surface area contributed by atoms with Crippen LogP contribution in [0.5, 0.6) is 0 Å². The number of aliphatic hydroxyl groups is 1. The monoisotopic (exact) mass is 296 g/mol. The molecule has 2 rings (SSSR count). The molecule has 2 atom stereocenters. The lowest BCUT2D eigenvalue weighted by molar-refractivity contribution is -0.108. The van der Waals surface area contributed by atoms with Crippen molar-refractivity contribution in [1.29, 1.82) is 0 Å². The summed E-state index contributed by atoms with van der Waals surface area (Å²) < 4.78 is 0. The van der Waals surface area contributed by atoms with Crippen molar-refractivity contribution in [2.75, 3.05) is 32.8 Å². The zero-order valence-electron chi connectivity index (χ0n) is 11.5. The molecule has 1 aromatic carbocycles. The Balaban J connectivity index is 1.90. The molecule has 0 aromatic heterocycles. The lowest BCUT2D eigenvalue weighted by Gasteiger charge is -2.41. The van der Waals surface area contributed by atoms with Gasteiger partial charge in [0.15, 0.2) is 0 Å². The molecule has 0 amide bonds. The second-order valence-corrected chi connectivity index (χ2v) is 5.76. The largest absolute Gasteiger partial charge is 0.395 e. The van der Waals surface area contributed by atoms with E-state index in [9.17, 15) is 9.90 Å². The zero-order chi connectivity index (χ0) is 14.4. The van der Waals surface area contributed by atoms with E-state index >= 15 is 0 Å². The van der Waals surface area contributed by atoms with E-state index < -0.39 is 5.38 Å². The van der Waals surface area contributed by atoms with Gasteiger partial charge in [0.05, 0.1) is 6.61 Å². The average molecular weight is 297 g/mol. The Kier molecular flexibility index (Phi) is 5.98. The summed E-state index contributed by atoms with van der Waals surface area (Å²) >= 11 is 5.88. The molecule has 1 aliphatic heterocycles. The highest BCUT2D eigenvalue weighted by Gasteiger charge is 2.27. The number of alkyl halides is 1. The number of carbonyl (C=O) groups is 1. The maximum atomic E-state index is 10.6.